The first kappa shape index (κ1) is 14.8. The molecule has 108 valence electrons. The molecule has 2 aromatic rings. The van der Waals surface area contributed by atoms with E-state index in [9.17, 15) is 0 Å². The van der Waals surface area contributed by atoms with Crippen molar-refractivity contribution < 1.29 is 9.63 Å². The van der Waals surface area contributed by atoms with Gasteiger partial charge in [-0.3, -0.25) is 0 Å². The van der Waals surface area contributed by atoms with Gasteiger partial charge in [0.05, 0.1) is 23.9 Å². The van der Waals surface area contributed by atoms with Gasteiger partial charge in [0, 0.05) is 6.42 Å². The van der Waals surface area contributed by atoms with Gasteiger partial charge in [-0.15, -0.1) is 0 Å². The maximum Gasteiger partial charge on any atom is 0.245 e. The fourth-order valence-electron chi connectivity index (χ4n) is 1.78. The molecule has 2 rings (SSSR count). The highest BCUT2D eigenvalue weighted by molar-refractivity contribution is 6.33. The minimum absolute atomic E-state index is 0.0203. The number of unbranched alkanes of at least 4 members (excludes halogenated alkanes) is 1. The van der Waals surface area contributed by atoms with Crippen LogP contribution in [0.15, 0.2) is 22.7 Å². The number of nitrogens with zero attached hydrogens (tertiary/aromatic N) is 2. The van der Waals surface area contributed by atoms with Gasteiger partial charge in [0.15, 0.2) is 5.82 Å². The number of aryl methyl sites for hydroxylation is 1. The lowest BCUT2D eigenvalue weighted by molar-refractivity contribution is 0.282. The molecule has 2 N–H and O–H groups in total. The molecule has 0 fully saturated rings. The number of hydrogen-bond donors (Lipinski definition) is 2. The smallest absolute Gasteiger partial charge is 0.245 e. The maximum atomic E-state index is 9.11. The highest BCUT2D eigenvalue weighted by atomic mass is 35.5. The molecule has 0 spiro atoms. The third kappa shape index (κ3) is 3.95. The Bertz CT molecular complexity index is 557. The Balaban J connectivity index is 1.96. The van der Waals surface area contributed by atoms with Crippen molar-refractivity contribution in [2.75, 3.05) is 5.32 Å². The minimum atomic E-state index is -0.0203. The monoisotopic (exact) mass is 295 g/mol. The Kier molecular flexibility index (Phi) is 5.38. The summed E-state index contributed by atoms with van der Waals surface area (Å²) in [7, 11) is 0. The number of halogens is 1. The molecule has 0 aliphatic rings. The maximum absolute atomic E-state index is 9.11. The number of rotatable bonds is 7. The van der Waals surface area contributed by atoms with Crippen LogP contribution in [-0.2, 0) is 19.6 Å². The van der Waals surface area contributed by atoms with Gasteiger partial charge in [-0.05, 0) is 24.1 Å². The van der Waals surface area contributed by atoms with Gasteiger partial charge in [0.25, 0.3) is 0 Å². The number of benzene rings is 1. The van der Waals surface area contributed by atoms with Crippen LogP contribution in [0.4, 0.5) is 5.69 Å². The van der Waals surface area contributed by atoms with E-state index in [2.05, 4.69) is 22.4 Å². The van der Waals surface area contributed by atoms with Crippen LogP contribution in [0, 0.1) is 0 Å². The van der Waals surface area contributed by atoms with E-state index in [0.717, 1.165) is 36.3 Å². The van der Waals surface area contributed by atoms with Gasteiger partial charge in [0.2, 0.25) is 5.89 Å². The van der Waals surface area contributed by atoms with E-state index in [1.54, 1.807) is 18.2 Å². The van der Waals surface area contributed by atoms with Crippen molar-refractivity contribution in [1.82, 2.24) is 10.1 Å². The molecular formula is C14H18ClN3O2. The highest BCUT2D eigenvalue weighted by Crippen LogP contribution is 2.23. The molecule has 0 saturated heterocycles. The molecular weight excluding hydrogens is 278 g/mol. The number of aliphatic hydroxyl groups is 1. The first-order chi connectivity index (χ1) is 9.72. The summed E-state index contributed by atoms with van der Waals surface area (Å²) in [6.45, 7) is 2.51. The zero-order valence-corrected chi connectivity index (χ0v) is 12.2. The lowest BCUT2D eigenvalue weighted by atomic mass is 10.2. The van der Waals surface area contributed by atoms with Crippen LogP contribution in [0.1, 0.15) is 37.0 Å². The van der Waals surface area contributed by atoms with Gasteiger partial charge < -0.3 is 14.9 Å². The second-order valence-electron chi connectivity index (χ2n) is 4.53. The zero-order valence-electron chi connectivity index (χ0n) is 11.4. The Labute approximate surface area is 123 Å². The Morgan fingerprint density at radius 2 is 2.25 bits per heavy atom. The topological polar surface area (TPSA) is 71.2 Å². The van der Waals surface area contributed by atoms with Gasteiger partial charge in [-0.2, -0.15) is 4.98 Å². The van der Waals surface area contributed by atoms with Crippen molar-refractivity contribution in [1.29, 1.82) is 0 Å². The SMILES string of the molecule is CCCCc1noc(CNc2cc(CO)ccc2Cl)n1. The first-order valence-corrected chi connectivity index (χ1v) is 7.05. The van der Waals surface area contributed by atoms with E-state index in [1.807, 2.05) is 0 Å². The number of hydrogen-bond acceptors (Lipinski definition) is 5. The van der Waals surface area contributed by atoms with Crippen molar-refractivity contribution in [3.8, 4) is 0 Å². The van der Waals surface area contributed by atoms with Gasteiger partial charge in [-0.25, -0.2) is 0 Å². The van der Waals surface area contributed by atoms with Crippen molar-refractivity contribution in [3.05, 3.63) is 40.5 Å². The standard InChI is InChI=1S/C14H18ClN3O2/c1-2-3-4-13-17-14(20-18-13)8-16-12-7-10(9-19)5-6-11(12)15/h5-7,16,19H,2-4,8-9H2,1H3. The third-order valence-corrected chi connectivity index (χ3v) is 3.24. The molecule has 0 aliphatic carbocycles. The fraction of sp³-hybridized carbons (Fsp3) is 0.429. The zero-order chi connectivity index (χ0) is 14.4. The third-order valence-electron chi connectivity index (χ3n) is 2.91. The van der Waals surface area contributed by atoms with Crippen LogP contribution in [-0.4, -0.2) is 15.2 Å². The molecule has 5 nitrogen and oxygen atoms in total. The van der Waals surface area contributed by atoms with E-state index < -0.39 is 0 Å². The van der Waals surface area contributed by atoms with Gasteiger partial charge >= 0.3 is 0 Å². The average molecular weight is 296 g/mol. The summed E-state index contributed by atoms with van der Waals surface area (Å²) < 4.78 is 5.16. The van der Waals surface area contributed by atoms with Crippen LogP contribution in [0.2, 0.25) is 5.02 Å². The second kappa shape index (κ2) is 7.26. The van der Waals surface area contributed by atoms with Crippen molar-refractivity contribution in [3.63, 3.8) is 0 Å². The number of anilines is 1. The lowest BCUT2D eigenvalue weighted by Gasteiger charge is -2.07. The van der Waals surface area contributed by atoms with Crippen LogP contribution in [0.5, 0.6) is 0 Å². The molecule has 1 aromatic heterocycles. The van der Waals surface area contributed by atoms with E-state index in [4.69, 9.17) is 21.2 Å². The molecule has 1 aromatic carbocycles. The molecule has 20 heavy (non-hydrogen) atoms. The molecule has 0 saturated carbocycles. The molecule has 1 heterocycles. The predicted molar refractivity (Wildman–Crippen MR) is 77.6 cm³/mol. The summed E-state index contributed by atoms with van der Waals surface area (Å²) >= 11 is 6.08. The largest absolute Gasteiger partial charge is 0.392 e. The Hall–Kier alpha value is -1.59. The number of aromatic nitrogens is 2. The van der Waals surface area contributed by atoms with E-state index in [-0.39, 0.29) is 6.61 Å². The minimum Gasteiger partial charge on any atom is -0.392 e. The molecule has 0 bridgehead atoms. The summed E-state index contributed by atoms with van der Waals surface area (Å²) in [4.78, 5) is 4.30. The lowest BCUT2D eigenvalue weighted by Crippen LogP contribution is -2.01. The summed E-state index contributed by atoms with van der Waals surface area (Å²) in [5, 5.41) is 16.8. The van der Waals surface area contributed by atoms with Crippen molar-refractivity contribution >= 4 is 17.3 Å². The van der Waals surface area contributed by atoms with E-state index in [1.165, 1.54) is 0 Å². The summed E-state index contributed by atoms with van der Waals surface area (Å²) in [5.74, 6) is 1.26. The number of aliphatic hydroxyl groups excluding tert-OH is 1. The molecule has 0 aliphatic heterocycles. The normalized spacial score (nSPS) is 10.8. The highest BCUT2D eigenvalue weighted by Gasteiger charge is 2.07. The van der Waals surface area contributed by atoms with E-state index in [0.29, 0.717) is 17.5 Å². The molecule has 0 radical (unpaired) electrons. The van der Waals surface area contributed by atoms with Crippen LogP contribution in [0.25, 0.3) is 0 Å². The van der Waals surface area contributed by atoms with Gasteiger partial charge in [-0.1, -0.05) is 36.2 Å². The first-order valence-electron chi connectivity index (χ1n) is 6.67. The summed E-state index contributed by atoms with van der Waals surface area (Å²) in [6, 6.07) is 5.33. The predicted octanol–water partition coefficient (Wildman–Crippen LogP) is 3.17. The number of nitrogens with one attached hydrogen (secondary N) is 1. The van der Waals surface area contributed by atoms with Crippen molar-refractivity contribution in [2.45, 2.75) is 39.3 Å². The molecule has 0 unspecified atom stereocenters. The Morgan fingerprint density at radius 3 is 3.00 bits per heavy atom. The Morgan fingerprint density at radius 1 is 1.40 bits per heavy atom. The van der Waals surface area contributed by atoms with Crippen LogP contribution >= 0.6 is 11.6 Å². The average Bonchev–Trinajstić information content (AvgIpc) is 2.92. The van der Waals surface area contributed by atoms with Crippen LogP contribution < -0.4 is 5.32 Å². The fourth-order valence-corrected chi connectivity index (χ4v) is 1.96. The summed E-state index contributed by atoms with van der Waals surface area (Å²) in [5.41, 5.74) is 1.54. The molecule has 0 atom stereocenters. The van der Waals surface area contributed by atoms with Crippen LogP contribution in [0.3, 0.4) is 0 Å². The quantitative estimate of drug-likeness (QED) is 0.821. The molecule has 6 heteroatoms. The van der Waals surface area contributed by atoms with Gasteiger partial charge in [0.1, 0.15) is 0 Å². The summed E-state index contributed by atoms with van der Waals surface area (Å²) in [6.07, 6.45) is 2.99. The van der Waals surface area contributed by atoms with Crippen molar-refractivity contribution in [2.24, 2.45) is 0 Å². The molecule has 0 amide bonds. The second-order valence-corrected chi connectivity index (χ2v) is 4.94. The van der Waals surface area contributed by atoms with E-state index >= 15 is 0 Å².